The molecule has 2 N–H and O–H groups in total. The Morgan fingerprint density at radius 2 is 1.98 bits per heavy atom. The number of fused-ring (bicyclic) bond motifs is 1. The van der Waals surface area contributed by atoms with Gasteiger partial charge in [0.1, 0.15) is 36.1 Å². The summed E-state index contributed by atoms with van der Waals surface area (Å²) in [5, 5.41) is 2.70. The fraction of sp³-hybridized carbons (Fsp3) is 0.481. The molecule has 13 heteroatoms. The van der Waals surface area contributed by atoms with E-state index in [2.05, 4.69) is 20.3 Å². The zero-order chi connectivity index (χ0) is 28.6. The summed E-state index contributed by atoms with van der Waals surface area (Å²) in [4.78, 5) is 38.2. The van der Waals surface area contributed by atoms with Crippen molar-refractivity contribution < 1.29 is 36.6 Å². The number of carbonyl (C=O) groups excluding carboxylic acids is 2. The van der Waals surface area contributed by atoms with Crippen molar-refractivity contribution in [1.29, 1.82) is 0 Å². The number of ether oxygens (including phenoxy) is 2. The molecule has 2 amide bonds. The molecule has 5 rings (SSSR count). The second-order valence-corrected chi connectivity index (χ2v) is 10.2. The number of likely N-dealkylation sites (tertiary alicyclic amines) is 1. The number of benzene rings is 1. The van der Waals surface area contributed by atoms with Crippen LogP contribution < -0.4 is 10.1 Å². The van der Waals surface area contributed by atoms with Crippen LogP contribution in [0.3, 0.4) is 0 Å². The summed E-state index contributed by atoms with van der Waals surface area (Å²) in [6, 6.07) is 2.38. The van der Waals surface area contributed by atoms with E-state index in [4.69, 9.17) is 9.47 Å². The van der Waals surface area contributed by atoms with Gasteiger partial charge in [-0.15, -0.1) is 0 Å². The number of hydrogen-bond acceptors (Lipinski definition) is 6. The molecule has 3 aromatic rings. The number of carbonyl (C=O) groups is 2. The third-order valence-corrected chi connectivity index (χ3v) is 7.21. The molecule has 2 atom stereocenters. The van der Waals surface area contributed by atoms with E-state index in [0.29, 0.717) is 18.2 Å². The lowest BCUT2D eigenvalue weighted by Gasteiger charge is -2.35. The van der Waals surface area contributed by atoms with E-state index in [1.165, 1.54) is 24.4 Å². The number of methoxy groups -OCH3 is 1. The number of halogens is 4. The first kappa shape index (κ1) is 27.8. The molecule has 1 saturated carbocycles. The predicted molar refractivity (Wildman–Crippen MR) is 137 cm³/mol. The van der Waals surface area contributed by atoms with E-state index in [0.717, 1.165) is 25.0 Å². The summed E-state index contributed by atoms with van der Waals surface area (Å²) in [6.45, 7) is 1.93. The summed E-state index contributed by atoms with van der Waals surface area (Å²) < 4.78 is 66.4. The average Bonchev–Trinajstić information content (AvgIpc) is 3.67. The first-order valence-corrected chi connectivity index (χ1v) is 13.0. The van der Waals surface area contributed by atoms with Crippen molar-refractivity contribution in [1.82, 2.24) is 25.2 Å². The van der Waals surface area contributed by atoms with Gasteiger partial charge in [0, 0.05) is 24.9 Å². The van der Waals surface area contributed by atoms with Crippen molar-refractivity contribution >= 4 is 22.8 Å². The van der Waals surface area contributed by atoms with E-state index in [-0.39, 0.29) is 65.6 Å². The second-order valence-electron chi connectivity index (χ2n) is 10.2. The highest BCUT2D eigenvalue weighted by atomic mass is 19.4. The van der Waals surface area contributed by atoms with Gasteiger partial charge in [-0.1, -0.05) is 0 Å². The Kier molecular flexibility index (Phi) is 7.67. The van der Waals surface area contributed by atoms with Crippen molar-refractivity contribution in [3.8, 4) is 17.0 Å². The molecule has 1 aromatic carbocycles. The molecule has 3 heterocycles. The molecule has 0 radical (unpaired) electrons. The highest BCUT2D eigenvalue weighted by Gasteiger charge is 2.35. The molecule has 0 unspecified atom stereocenters. The lowest BCUT2D eigenvalue weighted by molar-refractivity contribution is -0.138. The molecular formula is C27H29F4N5O4. The Labute approximate surface area is 227 Å². The van der Waals surface area contributed by atoms with E-state index in [1.807, 2.05) is 0 Å². The maximum absolute atomic E-state index is 14.9. The number of aromatic nitrogens is 3. The summed E-state index contributed by atoms with van der Waals surface area (Å²) >= 11 is 0. The zero-order valence-corrected chi connectivity index (χ0v) is 22.0. The SMILES string of the molecule is COCC(=O)N1CC[C@@H](NC(=O)c2c(C)[nH]c3c(-c4cc(C(F)(F)F)ccc4OCC4CC4)ncnc23)[C@@H](F)C1. The molecule has 1 aliphatic heterocycles. The van der Waals surface area contributed by atoms with Crippen LogP contribution in [0.5, 0.6) is 5.75 Å². The largest absolute Gasteiger partial charge is 0.493 e. The molecule has 214 valence electrons. The molecule has 40 heavy (non-hydrogen) atoms. The number of aromatic amines is 1. The summed E-state index contributed by atoms with van der Waals surface area (Å²) in [5.74, 6) is -0.310. The van der Waals surface area contributed by atoms with Gasteiger partial charge in [0.25, 0.3) is 5.91 Å². The fourth-order valence-electron chi connectivity index (χ4n) is 4.86. The number of H-pyrrole nitrogens is 1. The standard InChI is InChI=1S/C27H29F4N5O4/c1-14-22(26(38)35-19-7-8-36(10-18(19)28)21(37)12-39-2)24-25(34-14)23(32-13-33-24)17-9-16(27(29,30)31)5-6-20(17)40-11-15-3-4-15/h5-6,9,13,15,18-19,34H,3-4,7-8,10-12H2,1-2H3,(H,35,38)/t18-,19+/m0/s1. The molecule has 1 aliphatic carbocycles. The minimum Gasteiger partial charge on any atom is -0.493 e. The first-order valence-electron chi connectivity index (χ1n) is 13.0. The van der Waals surface area contributed by atoms with Crippen LogP contribution in [0.1, 0.15) is 40.9 Å². The molecule has 1 saturated heterocycles. The molecule has 2 aliphatic rings. The normalized spacial score (nSPS) is 19.6. The van der Waals surface area contributed by atoms with Gasteiger partial charge in [0.05, 0.1) is 35.8 Å². The summed E-state index contributed by atoms with van der Waals surface area (Å²) in [5.41, 5.74) is 0.385. The molecule has 9 nitrogen and oxygen atoms in total. The van der Waals surface area contributed by atoms with Gasteiger partial charge in [-0.3, -0.25) is 9.59 Å². The maximum Gasteiger partial charge on any atom is 0.416 e. The van der Waals surface area contributed by atoms with Gasteiger partial charge in [-0.05, 0) is 50.3 Å². The number of hydrogen-bond donors (Lipinski definition) is 2. The monoisotopic (exact) mass is 563 g/mol. The number of aryl methyl sites for hydroxylation is 1. The Morgan fingerprint density at radius 3 is 2.65 bits per heavy atom. The van der Waals surface area contributed by atoms with Crippen LogP contribution in [0, 0.1) is 12.8 Å². The highest BCUT2D eigenvalue weighted by molar-refractivity contribution is 6.09. The van der Waals surface area contributed by atoms with Gasteiger partial charge in [0.2, 0.25) is 5.91 Å². The molecule has 0 bridgehead atoms. The van der Waals surface area contributed by atoms with Gasteiger partial charge in [-0.2, -0.15) is 13.2 Å². The Morgan fingerprint density at radius 1 is 1.20 bits per heavy atom. The van der Waals surface area contributed by atoms with Crippen LogP contribution in [0.4, 0.5) is 17.6 Å². The Hall–Kier alpha value is -3.74. The minimum absolute atomic E-state index is 0.119. The lowest BCUT2D eigenvalue weighted by Crippen LogP contribution is -2.54. The highest BCUT2D eigenvalue weighted by Crippen LogP contribution is 2.40. The van der Waals surface area contributed by atoms with Crippen molar-refractivity contribution in [2.24, 2.45) is 5.92 Å². The van der Waals surface area contributed by atoms with E-state index in [9.17, 15) is 27.2 Å². The Bertz CT molecular complexity index is 1420. The van der Waals surface area contributed by atoms with Crippen molar-refractivity contribution in [3.05, 3.63) is 41.3 Å². The van der Waals surface area contributed by atoms with Gasteiger partial charge >= 0.3 is 6.18 Å². The topological polar surface area (TPSA) is 109 Å². The average molecular weight is 564 g/mol. The lowest BCUT2D eigenvalue weighted by atomic mass is 10.0. The summed E-state index contributed by atoms with van der Waals surface area (Å²) in [6.07, 6.45) is -2.70. The van der Waals surface area contributed by atoms with E-state index < -0.39 is 29.9 Å². The molecule has 0 spiro atoms. The molecular weight excluding hydrogens is 534 g/mol. The van der Waals surface area contributed by atoms with Crippen LogP contribution >= 0.6 is 0 Å². The number of nitrogens with one attached hydrogen (secondary N) is 2. The number of piperidine rings is 1. The minimum atomic E-state index is -4.58. The van der Waals surface area contributed by atoms with Crippen LogP contribution in [0.25, 0.3) is 22.3 Å². The third-order valence-electron chi connectivity index (χ3n) is 7.21. The predicted octanol–water partition coefficient (Wildman–Crippen LogP) is 4.06. The van der Waals surface area contributed by atoms with Crippen LogP contribution in [0.15, 0.2) is 24.5 Å². The Balaban J connectivity index is 1.44. The smallest absolute Gasteiger partial charge is 0.416 e. The quantitative estimate of drug-likeness (QED) is 0.400. The number of amides is 2. The van der Waals surface area contributed by atoms with Gasteiger partial charge < -0.3 is 24.7 Å². The van der Waals surface area contributed by atoms with Crippen molar-refractivity contribution in [2.45, 2.75) is 44.6 Å². The van der Waals surface area contributed by atoms with Crippen LogP contribution in [0.2, 0.25) is 0 Å². The number of alkyl halides is 4. The van der Waals surface area contributed by atoms with Crippen LogP contribution in [-0.2, 0) is 15.7 Å². The fourth-order valence-corrected chi connectivity index (χ4v) is 4.86. The van der Waals surface area contributed by atoms with Crippen molar-refractivity contribution in [3.63, 3.8) is 0 Å². The molecule has 2 fully saturated rings. The number of nitrogens with zero attached hydrogens (tertiary/aromatic N) is 3. The summed E-state index contributed by atoms with van der Waals surface area (Å²) in [7, 11) is 1.38. The maximum atomic E-state index is 14.9. The van der Waals surface area contributed by atoms with Gasteiger partial charge in [-0.25, -0.2) is 14.4 Å². The first-order chi connectivity index (χ1) is 19.1. The third kappa shape index (κ3) is 5.74. The van der Waals surface area contributed by atoms with Crippen LogP contribution in [-0.4, -0.2) is 77.3 Å². The zero-order valence-electron chi connectivity index (χ0n) is 22.0. The van der Waals surface area contributed by atoms with E-state index >= 15 is 0 Å². The second kappa shape index (κ2) is 11.0. The number of rotatable bonds is 8. The van der Waals surface area contributed by atoms with Crippen molar-refractivity contribution in [2.75, 3.05) is 33.4 Å². The molecule has 2 aromatic heterocycles. The van der Waals surface area contributed by atoms with E-state index in [1.54, 1.807) is 6.92 Å². The van der Waals surface area contributed by atoms with Gasteiger partial charge in [0.15, 0.2) is 0 Å².